The maximum absolute atomic E-state index is 12.9. The van der Waals surface area contributed by atoms with Crippen LogP contribution in [0.25, 0.3) is 11.2 Å². The Morgan fingerprint density at radius 3 is 2.81 bits per heavy atom. The number of nitrogens with zero attached hydrogens (tertiary/aromatic N) is 4. The van der Waals surface area contributed by atoms with Crippen LogP contribution >= 0.6 is 0 Å². The first-order chi connectivity index (χ1) is 15.3. The zero-order valence-corrected chi connectivity index (χ0v) is 17.9. The number of aromatic nitrogens is 4. The summed E-state index contributed by atoms with van der Waals surface area (Å²) in [4.78, 5) is 51.6. The minimum atomic E-state index is -0.647. The quantitative estimate of drug-likeness (QED) is 0.555. The monoisotopic (exact) mass is 436 g/mol. The largest absolute Gasteiger partial charge is 0.503 e. The second kappa shape index (κ2) is 7.47. The van der Waals surface area contributed by atoms with Crippen LogP contribution in [0.1, 0.15) is 64.8 Å². The minimum Gasteiger partial charge on any atom is -0.503 e. The van der Waals surface area contributed by atoms with Crippen molar-refractivity contribution in [3.63, 3.8) is 0 Å². The van der Waals surface area contributed by atoms with E-state index >= 15 is 0 Å². The maximum atomic E-state index is 12.9. The summed E-state index contributed by atoms with van der Waals surface area (Å²) >= 11 is 0. The van der Waals surface area contributed by atoms with Gasteiger partial charge >= 0.3 is 0 Å². The number of carbonyl (C=O) groups is 2. The molecule has 0 radical (unpaired) electrons. The molecule has 166 valence electrons. The predicted octanol–water partition coefficient (Wildman–Crippen LogP) is 1.50. The Morgan fingerprint density at radius 1 is 1.31 bits per heavy atom. The van der Waals surface area contributed by atoms with Gasteiger partial charge in [-0.1, -0.05) is 0 Å². The highest BCUT2D eigenvalue weighted by atomic mass is 16.3. The smallest absolute Gasteiger partial charge is 0.274 e. The van der Waals surface area contributed by atoms with Gasteiger partial charge in [-0.15, -0.1) is 0 Å². The van der Waals surface area contributed by atoms with Gasteiger partial charge in [-0.05, 0) is 26.7 Å². The molecule has 1 fully saturated rings. The van der Waals surface area contributed by atoms with Crippen LogP contribution in [-0.2, 0) is 13.1 Å². The molecule has 0 unspecified atom stereocenters. The van der Waals surface area contributed by atoms with Crippen molar-refractivity contribution in [1.29, 1.82) is 0 Å². The average Bonchev–Trinajstić information content (AvgIpc) is 3.53. The normalized spacial score (nSPS) is 16.0. The molecule has 4 heterocycles. The highest BCUT2D eigenvalue weighted by Crippen LogP contribution is 2.39. The van der Waals surface area contributed by atoms with Gasteiger partial charge in [-0.25, -0.2) is 9.97 Å². The number of carbonyl (C=O) groups excluding carboxylic acids is 2. The summed E-state index contributed by atoms with van der Waals surface area (Å²) in [5.74, 6) is -0.904. The summed E-state index contributed by atoms with van der Waals surface area (Å²) in [6, 6.07) is 1.20. The molecule has 3 N–H and O–H groups in total. The summed E-state index contributed by atoms with van der Waals surface area (Å²) < 4.78 is 1.61. The summed E-state index contributed by atoms with van der Waals surface area (Å²) in [6.45, 7) is 4.66. The molecule has 5 rings (SSSR count). The molecule has 2 amide bonds. The first-order valence-corrected chi connectivity index (χ1v) is 10.7. The molecule has 1 aliphatic heterocycles. The number of pyridine rings is 1. The van der Waals surface area contributed by atoms with E-state index in [0.717, 1.165) is 18.5 Å². The molecule has 3 aromatic heterocycles. The fourth-order valence-electron chi connectivity index (χ4n) is 4.16. The van der Waals surface area contributed by atoms with Crippen molar-refractivity contribution < 1.29 is 14.7 Å². The molecule has 3 aromatic rings. The summed E-state index contributed by atoms with van der Waals surface area (Å²) in [5.41, 5.74) is 2.09. The van der Waals surface area contributed by atoms with E-state index in [1.54, 1.807) is 21.9 Å². The van der Waals surface area contributed by atoms with Crippen LogP contribution in [0.2, 0.25) is 0 Å². The van der Waals surface area contributed by atoms with E-state index in [1.165, 1.54) is 6.07 Å². The summed E-state index contributed by atoms with van der Waals surface area (Å²) in [6.07, 6.45) is 5.48. The number of nitrogens with one attached hydrogen (secondary N) is 2. The first-order valence-electron chi connectivity index (χ1n) is 10.7. The third-order valence-electron chi connectivity index (χ3n) is 6.09. The lowest BCUT2D eigenvalue weighted by Crippen LogP contribution is -2.46. The van der Waals surface area contributed by atoms with Gasteiger partial charge in [0.25, 0.3) is 11.8 Å². The van der Waals surface area contributed by atoms with Crippen LogP contribution in [0.5, 0.6) is 5.75 Å². The van der Waals surface area contributed by atoms with Gasteiger partial charge in [0.2, 0.25) is 5.43 Å². The molecule has 0 bridgehead atoms. The molecule has 1 aliphatic carbocycles. The lowest BCUT2D eigenvalue weighted by atomic mass is 10.1. The van der Waals surface area contributed by atoms with E-state index < -0.39 is 17.1 Å². The van der Waals surface area contributed by atoms with Crippen molar-refractivity contribution in [2.75, 3.05) is 6.54 Å². The van der Waals surface area contributed by atoms with Crippen molar-refractivity contribution in [1.82, 2.24) is 29.7 Å². The van der Waals surface area contributed by atoms with Gasteiger partial charge in [0.15, 0.2) is 17.1 Å². The van der Waals surface area contributed by atoms with E-state index in [2.05, 4.69) is 20.3 Å². The molecular weight excluding hydrogens is 412 g/mol. The van der Waals surface area contributed by atoms with E-state index in [4.69, 9.17) is 0 Å². The number of rotatable bonds is 5. The van der Waals surface area contributed by atoms with E-state index in [9.17, 15) is 19.5 Å². The van der Waals surface area contributed by atoms with Gasteiger partial charge in [0.1, 0.15) is 5.52 Å². The Morgan fingerprint density at radius 2 is 2.09 bits per heavy atom. The molecule has 0 saturated heterocycles. The van der Waals surface area contributed by atoms with E-state index in [0.29, 0.717) is 41.4 Å². The van der Waals surface area contributed by atoms with Gasteiger partial charge in [-0.3, -0.25) is 14.4 Å². The van der Waals surface area contributed by atoms with Crippen LogP contribution in [0, 0.1) is 0 Å². The standard InChI is InChI=1S/C22H24N6O4/c1-11(2)27-5-6-28-13(7-16(29)19(30)18(28)22(27)32)8-25-21(31)14-9-23-20-17(14)26-15(10-24-20)12-3-4-12/h7,9-12,30H,3-6,8H2,1-2H3,(H,23,24)(H,25,31). The van der Waals surface area contributed by atoms with E-state index in [-0.39, 0.29) is 24.2 Å². The van der Waals surface area contributed by atoms with Crippen molar-refractivity contribution in [2.24, 2.45) is 0 Å². The number of aromatic amines is 1. The lowest BCUT2D eigenvalue weighted by molar-refractivity contribution is 0.0639. The molecule has 0 spiro atoms. The van der Waals surface area contributed by atoms with E-state index in [1.807, 2.05) is 13.8 Å². The number of fused-ring (bicyclic) bond motifs is 2. The number of hydrogen-bond donors (Lipinski definition) is 3. The maximum Gasteiger partial charge on any atom is 0.274 e. The molecule has 10 heteroatoms. The number of H-pyrrole nitrogens is 1. The predicted molar refractivity (Wildman–Crippen MR) is 116 cm³/mol. The lowest BCUT2D eigenvalue weighted by Gasteiger charge is -2.34. The first kappa shape index (κ1) is 20.2. The van der Waals surface area contributed by atoms with Crippen LogP contribution in [0.15, 0.2) is 23.3 Å². The molecular formula is C22H24N6O4. The van der Waals surface area contributed by atoms with Gasteiger partial charge in [0, 0.05) is 43.0 Å². The topological polar surface area (TPSA) is 133 Å². The average molecular weight is 436 g/mol. The van der Waals surface area contributed by atoms with Gasteiger partial charge < -0.3 is 24.9 Å². The van der Waals surface area contributed by atoms with Crippen molar-refractivity contribution >= 4 is 23.0 Å². The Labute approximate surface area is 183 Å². The fourth-order valence-corrected chi connectivity index (χ4v) is 4.16. The van der Waals surface area contributed by atoms with Gasteiger partial charge in [-0.2, -0.15) is 0 Å². The number of hydrogen-bond acceptors (Lipinski definition) is 6. The second-order valence-electron chi connectivity index (χ2n) is 8.59. The van der Waals surface area contributed by atoms with Crippen LogP contribution in [-0.4, -0.2) is 53.9 Å². The van der Waals surface area contributed by atoms with Crippen LogP contribution < -0.4 is 10.7 Å². The highest BCUT2D eigenvalue weighted by Gasteiger charge is 2.31. The summed E-state index contributed by atoms with van der Waals surface area (Å²) in [7, 11) is 0. The Kier molecular flexibility index (Phi) is 4.72. The molecule has 32 heavy (non-hydrogen) atoms. The third kappa shape index (κ3) is 3.31. The Bertz CT molecular complexity index is 1300. The molecule has 1 saturated carbocycles. The van der Waals surface area contributed by atoms with Gasteiger partial charge in [0.05, 0.1) is 24.0 Å². The Balaban J connectivity index is 1.42. The second-order valence-corrected chi connectivity index (χ2v) is 8.59. The Hall–Kier alpha value is -3.69. The minimum absolute atomic E-state index is 0.0265. The zero-order chi connectivity index (χ0) is 22.6. The third-order valence-corrected chi connectivity index (χ3v) is 6.09. The highest BCUT2D eigenvalue weighted by molar-refractivity contribution is 6.04. The van der Waals surface area contributed by atoms with Crippen molar-refractivity contribution in [2.45, 2.75) is 51.7 Å². The zero-order valence-electron chi connectivity index (χ0n) is 17.9. The molecule has 10 nitrogen and oxygen atoms in total. The fraction of sp³-hybridized carbons (Fsp3) is 0.409. The van der Waals surface area contributed by atoms with Crippen LogP contribution in [0.4, 0.5) is 0 Å². The van der Waals surface area contributed by atoms with Crippen molar-refractivity contribution in [3.05, 3.63) is 51.3 Å². The molecule has 0 aromatic carbocycles. The SMILES string of the molecule is CC(C)N1CCn2c(CNC(=O)c3c[nH]c4ncc(C5CC5)nc34)cc(=O)c(O)c2C1=O. The van der Waals surface area contributed by atoms with Crippen molar-refractivity contribution in [3.8, 4) is 5.75 Å². The summed E-state index contributed by atoms with van der Waals surface area (Å²) in [5, 5.41) is 13.1. The number of amides is 2. The molecule has 2 aliphatic rings. The molecule has 0 atom stereocenters. The number of aromatic hydroxyl groups is 1. The van der Waals surface area contributed by atoms with Crippen LogP contribution in [0.3, 0.4) is 0 Å².